The predicted octanol–water partition coefficient (Wildman–Crippen LogP) is 1.72. The van der Waals surface area contributed by atoms with Crippen molar-refractivity contribution in [1.29, 1.82) is 0 Å². The Morgan fingerprint density at radius 2 is 2.10 bits per heavy atom. The molecule has 0 aromatic heterocycles. The zero-order valence-corrected chi connectivity index (χ0v) is 13.4. The Kier molecular flexibility index (Phi) is 5.76. The molecule has 0 bridgehead atoms. The highest BCUT2D eigenvalue weighted by Crippen LogP contribution is 2.22. The first-order valence-corrected chi connectivity index (χ1v) is 7.80. The molecule has 2 rings (SSSR count). The smallest absolute Gasteiger partial charge is 0.236 e. The summed E-state index contributed by atoms with van der Waals surface area (Å²) in [5, 5.41) is 2.94. The van der Waals surface area contributed by atoms with E-state index >= 15 is 0 Å². The SMILES string of the molecule is CNCC(=O)N(C)C1CCN(Cc2ccccc2)C(C)C1. The zero-order chi connectivity index (χ0) is 15.2. The number of hydrogen-bond acceptors (Lipinski definition) is 3. The number of rotatable bonds is 5. The number of hydrogen-bond donors (Lipinski definition) is 1. The molecule has 1 aliphatic rings. The van der Waals surface area contributed by atoms with E-state index in [9.17, 15) is 4.79 Å². The molecule has 1 aliphatic heterocycles. The van der Waals surface area contributed by atoms with Crippen LogP contribution in [0.5, 0.6) is 0 Å². The van der Waals surface area contributed by atoms with E-state index in [-0.39, 0.29) is 5.91 Å². The molecule has 1 aromatic rings. The second kappa shape index (κ2) is 7.57. The van der Waals surface area contributed by atoms with Gasteiger partial charge in [-0.15, -0.1) is 0 Å². The van der Waals surface area contributed by atoms with E-state index in [1.54, 1.807) is 0 Å². The lowest BCUT2D eigenvalue weighted by atomic mass is 9.96. The van der Waals surface area contributed by atoms with E-state index in [2.05, 4.69) is 47.5 Å². The maximum Gasteiger partial charge on any atom is 0.236 e. The number of likely N-dealkylation sites (tertiary alicyclic amines) is 1. The Balaban J connectivity index is 1.88. The van der Waals surface area contributed by atoms with E-state index in [1.807, 2.05) is 19.0 Å². The quantitative estimate of drug-likeness (QED) is 0.896. The third kappa shape index (κ3) is 4.29. The summed E-state index contributed by atoms with van der Waals surface area (Å²) in [7, 11) is 3.75. The first kappa shape index (κ1) is 16.0. The number of likely N-dealkylation sites (N-methyl/N-ethyl adjacent to an activating group) is 2. The van der Waals surface area contributed by atoms with E-state index in [1.165, 1.54) is 5.56 Å². The van der Waals surface area contributed by atoms with Gasteiger partial charge in [0.2, 0.25) is 5.91 Å². The van der Waals surface area contributed by atoms with Crippen molar-refractivity contribution in [2.24, 2.45) is 0 Å². The fourth-order valence-corrected chi connectivity index (χ4v) is 3.08. The van der Waals surface area contributed by atoms with Gasteiger partial charge < -0.3 is 10.2 Å². The van der Waals surface area contributed by atoms with Crippen LogP contribution in [-0.2, 0) is 11.3 Å². The summed E-state index contributed by atoms with van der Waals surface area (Å²) in [6.07, 6.45) is 2.11. The molecular weight excluding hydrogens is 262 g/mol. The van der Waals surface area contributed by atoms with Crippen LogP contribution >= 0.6 is 0 Å². The van der Waals surface area contributed by atoms with Crippen molar-refractivity contribution in [2.75, 3.05) is 27.2 Å². The molecule has 4 nitrogen and oxygen atoms in total. The van der Waals surface area contributed by atoms with Crippen molar-refractivity contribution in [3.63, 3.8) is 0 Å². The third-order valence-corrected chi connectivity index (χ3v) is 4.48. The molecule has 0 aliphatic carbocycles. The summed E-state index contributed by atoms with van der Waals surface area (Å²) in [4.78, 5) is 16.4. The van der Waals surface area contributed by atoms with E-state index < -0.39 is 0 Å². The molecule has 0 spiro atoms. The van der Waals surface area contributed by atoms with Crippen molar-refractivity contribution in [2.45, 2.75) is 38.4 Å². The van der Waals surface area contributed by atoms with Crippen molar-refractivity contribution >= 4 is 5.91 Å². The van der Waals surface area contributed by atoms with Gasteiger partial charge in [0.25, 0.3) is 0 Å². The molecule has 0 saturated carbocycles. The molecule has 1 saturated heterocycles. The van der Waals surface area contributed by atoms with Crippen molar-refractivity contribution < 1.29 is 4.79 Å². The van der Waals surface area contributed by atoms with Crippen molar-refractivity contribution in [3.05, 3.63) is 35.9 Å². The Morgan fingerprint density at radius 1 is 1.38 bits per heavy atom. The summed E-state index contributed by atoms with van der Waals surface area (Å²) in [5.74, 6) is 0.186. The van der Waals surface area contributed by atoms with Gasteiger partial charge in [-0.25, -0.2) is 0 Å². The fourth-order valence-electron chi connectivity index (χ4n) is 3.08. The largest absolute Gasteiger partial charge is 0.342 e. The monoisotopic (exact) mass is 289 g/mol. The van der Waals surface area contributed by atoms with Gasteiger partial charge in [0.15, 0.2) is 0 Å². The van der Waals surface area contributed by atoms with Crippen LogP contribution in [0.25, 0.3) is 0 Å². The van der Waals surface area contributed by atoms with Crippen molar-refractivity contribution in [1.82, 2.24) is 15.1 Å². The highest BCUT2D eigenvalue weighted by molar-refractivity contribution is 5.78. The van der Waals surface area contributed by atoms with Crippen LogP contribution in [0.1, 0.15) is 25.3 Å². The minimum Gasteiger partial charge on any atom is -0.342 e. The molecule has 1 N–H and O–H groups in total. The van der Waals surface area contributed by atoms with Gasteiger partial charge in [-0.1, -0.05) is 30.3 Å². The molecule has 21 heavy (non-hydrogen) atoms. The summed E-state index contributed by atoms with van der Waals surface area (Å²) in [5.41, 5.74) is 1.36. The van der Waals surface area contributed by atoms with Crippen LogP contribution in [0.15, 0.2) is 30.3 Å². The van der Waals surface area contributed by atoms with Crippen LogP contribution < -0.4 is 5.32 Å². The van der Waals surface area contributed by atoms with E-state index in [0.717, 1.165) is 25.9 Å². The van der Waals surface area contributed by atoms with E-state index in [0.29, 0.717) is 18.6 Å². The molecule has 0 radical (unpaired) electrons. The second-order valence-corrected chi connectivity index (χ2v) is 6.02. The summed E-state index contributed by atoms with van der Waals surface area (Å²) < 4.78 is 0. The summed E-state index contributed by atoms with van der Waals surface area (Å²) in [6.45, 7) is 4.75. The predicted molar refractivity (Wildman–Crippen MR) is 86.0 cm³/mol. The lowest BCUT2D eigenvalue weighted by Gasteiger charge is -2.41. The number of nitrogens with one attached hydrogen (secondary N) is 1. The number of piperidine rings is 1. The number of carbonyl (C=O) groups is 1. The number of nitrogens with zero attached hydrogens (tertiary/aromatic N) is 2. The first-order chi connectivity index (χ1) is 10.1. The molecular formula is C17H27N3O. The van der Waals surface area contributed by atoms with Gasteiger partial charge in [-0.2, -0.15) is 0 Å². The maximum absolute atomic E-state index is 12.0. The number of carbonyl (C=O) groups excluding carboxylic acids is 1. The van der Waals surface area contributed by atoms with Gasteiger partial charge >= 0.3 is 0 Å². The lowest BCUT2D eigenvalue weighted by Crippen LogP contribution is -2.50. The summed E-state index contributed by atoms with van der Waals surface area (Å²) in [6, 6.07) is 11.5. The topological polar surface area (TPSA) is 35.6 Å². The zero-order valence-electron chi connectivity index (χ0n) is 13.4. The maximum atomic E-state index is 12.0. The Morgan fingerprint density at radius 3 is 2.71 bits per heavy atom. The molecule has 1 amide bonds. The highest BCUT2D eigenvalue weighted by Gasteiger charge is 2.29. The lowest BCUT2D eigenvalue weighted by molar-refractivity contribution is -0.132. The third-order valence-electron chi connectivity index (χ3n) is 4.48. The Bertz CT molecular complexity index is 449. The van der Waals surface area contributed by atoms with Crippen LogP contribution in [-0.4, -0.2) is 55.0 Å². The Labute approximate surface area is 128 Å². The molecule has 4 heteroatoms. The second-order valence-electron chi connectivity index (χ2n) is 6.02. The van der Waals surface area contributed by atoms with Gasteiger partial charge in [0.05, 0.1) is 6.54 Å². The van der Waals surface area contributed by atoms with Crippen LogP contribution in [0.2, 0.25) is 0 Å². The fraction of sp³-hybridized carbons (Fsp3) is 0.588. The van der Waals surface area contributed by atoms with Gasteiger partial charge in [0, 0.05) is 32.2 Å². The molecule has 2 unspecified atom stereocenters. The van der Waals surface area contributed by atoms with Gasteiger partial charge in [0.1, 0.15) is 0 Å². The van der Waals surface area contributed by atoms with Crippen LogP contribution in [0, 0.1) is 0 Å². The number of benzene rings is 1. The Hall–Kier alpha value is -1.39. The average Bonchev–Trinajstić information content (AvgIpc) is 2.50. The molecule has 2 atom stereocenters. The van der Waals surface area contributed by atoms with Crippen LogP contribution in [0.4, 0.5) is 0 Å². The van der Waals surface area contributed by atoms with Gasteiger partial charge in [-0.05, 0) is 32.4 Å². The minimum absolute atomic E-state index is 0.186. The summed E-state index contributed by atoms with van der Waals surface area (Å²) >= 11 is 0. The molecule has 116 valence electrons. The molecule has 1 aromatic carbocycles. The van der Waals surface area contributed by atoms with Crippen molar-refractivity contribution in [3.8, 4) is 0 Å². The van der Waals surface area contributed by atoms with Crippen LogP contribution in [0.3, 0.4) is 0 Å². The van der Waals surface area contributed by atoms with Gasteiger partial charge in [-0.3, -0.25) is 9.69 Å². The van der Waals surface area contributed by atoms with E-state index in [4.69, 9.17) is 0 Å². The molecule has 1 heterocycles. The number of amides is 1. The molecule has 1 fully saturated rings. The standard InChI is InChI=1S/C17H27N3O/c1-14-11-16(19(3)17(21)12-18-2)9-10-20(14)13-15-7-5-4-6-8-15/h4-8,14,16,18H,9-13H2,1-3H3. The average molecular weight is 289 g/mol. The normalized spacial score (nSPS) is 23.0. The highest BCUT2D eigenvalue weighted by atomic mass is 16.2. The minimum atomic E-state index is 0.186. The first-order valence-electron chi connectivity index (χ1n) is 7.80.